The van der Waals surface area contributed by atoms with Gasteiger partial charge in [0.05, 0.1) is 0 Å². The molecule has 2 saturated heterocycles. The number of nitrogens with zero attached hydrogens (tertiary/aromatic N) is 1. The van der Waals surface area contributed by atoms with Crippen molar-refractivity contribution in [2.75, 3.05) is 6.54 Å². The van der Waals surface area contributed by atoms with Crippen molar-refractivity contribution in [2.24, 2.45) is 5.92 Å². The second-order valence-electron chi connectivity index (χ2n) is 6.64. The van der Waals surface area contributed by atoms with E-state index in [9.17, 15) is 19.5 Å². The molecule has 2 heterocycles. The fourth-order valence-corrected chi connectivity index (χ4v) is 3.09. The summed E-state index contributed by atoms with van der Waals surface area (Å²) in [7, 11) is 0. The van der Waals surface area contributed by atoms with E-state index < -0.39 is 24.1 Å². The van der Waals surface area contributed by atoms with Crippen LogP contribution in [-0.4, -0.2) is 58.5 Å². The van der Waals surface area contributed by atoms with Crippen molar-refractivity contribution in [1.29, 1.82) is 0 Å². The van der Waals surface area contributed by atoms with Gasteiger partial charge in [0, 0.05) is 12.6 Å². The molecule has 0 radical (unpaired) electrons. The quantitative estimate of drug-likeness (QED) is 0.645. The van der Waals surface area contributed by atoms with Crippen LogP contribution in [-0.2, 0) is 14.4 Å². The molecule has 0 aromatic heterocycles. The van der Waals surface area contributed by atoms with E-state index in [-0.39, 0.29) is 17.9 Å². The summed E-state index contributed by atoms with van der Waals surface area (Å²) >= 11 is 0. The lowest BCUT2D eigenvalue weighted by Crippen LogP contribution is -2.67. The molecule has 2 rings (SSSR count). The maximum absolute atomic E-state index is 12.5. The maximum Gasteiger partial charge on any atom is 0.248 e. The third-order valence-corrected chi connectivity index (χ3v) is 4.24. The summed E-state index contributed by atoms with van der Waals surface area (Å²) in [6.45, 7) is 5.89. The summed E-state index contributed by atoms with van der Waals surface area (Å²) in [5.41, 5.74) is 0. The summed E-state index contributed by atoms with van der Waals surface area (Å²) in [4.78, 5) is 37.9. The molecule has 0 bridgehead atoms. The lowest BCUT2D eigenvalue weighted by Gasteiger charge is -2.44. The van der Waals surface area contributed by atoms with Crippen LogP contribution in [0.2, 0.25) is 0 Å². The Kier molecular flexibility index (Phi) is 5.05. The molecule has 7 nitrogen and oxygen atoms in total. The molecule has 0 aromatic rings. The number of amides is 3. The van der Waals surface area contributed by atoms with E-state index in [4.69, 9.17) is 0 Å². The van der Waals surface area contributed by atoms with Gasteiger partial charge in [0.15, 0.2) is 0 Å². The van der Waals surface area contributed by atoms with Crippen molar-refractivity contribution in [2.45, 2.75) is 64.3 Å². The van der Waals surface area contributed by atoms with Crippen molar-refractivity contribution in [1.82, 2.24) is 15.5 Å². The van der Waals surface area contributed by atoms with Crippen LogP contribution in [0, 0.1) is 5.92 Å². The third kappa shape index (κ3) is 3.58. The first-order valence-electron chi connectivity index (χ1n) is 7.89. The normalized spacial score (nSPS) is 29.9. The summed E-state index contributed by atoms with van der Waals surface area (Å²) in [6.07, 6.45) is 0.554. The van der Waals surface area contributed by atoms with Gasteiger partial charge < -0.3 is 20.6 Å². The smallest absolute Gasteiger partial charge is 0.248 e. The topological polar surface area (TPSA) is 98.7 Å². The van der Waals surface area contributed by atoms with Crippen LogP contribution in [0.4, 0.5) is 0 Å². The number of hydrogen-bond acceptors (Lipinski definition) is 4. The number of fused-ring (bicyclic) bond motifs is 1. The molecule has 0 spiro atoms. The largest absolute Gasteiger partial charge is 0.384 e. The van der Waals surface area contributed by atoms with Crippen LogP contribution in [0.5, 0.6) is 0 Å². The molecule has 7 heteroatoms. The molecular formula is C15H25N3O4. The van der Waals surface area contributed by atoms with Gasteiger partial charge in [-0.25, -0.2) is 0 Å². The highest BCUT2D eigenvalue weighted by Crippen LogP contribution is 2.24. The number of aliphatic hydroxyl groups is 1. The highest BCUT2D eigenvalue weighted by Gasteiger charge is 2.44. The average Bonchev–Trinajstić information content (AvgIpc) is 2.43. The Hall–Kier alpha value is -1.63. The van der Waals surface area contributed by atoms with E-state index in [0.29, 0.717) is 31.7 Å². The Balaban J connectivity index is 2.00. The molecule has 0 aliphatic carbocycles. The van der Waals surface area contributed by atoms with E-state index in [0.717, 1.165) is 0 Å². The van der Waals surface area contributed by atoms with Crippen LogP contribution in [0.3, 0.4) is 0 Å². The number of hydrogen-bond donors (Lipinski definition) is 3. The van der Waals surface area contributed by atoms with Crippen LogP contribution in [0.25, 0.3) is 0 Å². The highest BCUT2D eigenvalue weighted by atomic mass is 16.3. The maximum atomic E-state index is 12.5. The SMILES string of the molecule is CC(C)C[C@H]1NC(=O)[C@@H]2C[C@@H](NC(=O)[C@H](C)O)CCN2C1=O. The van der Waals surface area contributed by atoms with Crippen LogP contribution in [0.1, 0.15) is 40.0 Å². The van der Waals surface area contributed by atoms with Gasteiger partial charge in [-0.05, 0) is 32.1 Å². The van der Waals surface area contributed by atoms with Gasteiger partial charge in [0.2, 0.25) is 17.7 Å². The van der Waals surface area contributed by atoms with Crippen molar-refractivity contribution >= 4 is 17.7 Å². The molecule has 0 saturated carbocycles. The van der Waals surface area contributed by atoms with Gasteiger partial charge in [-0.1, -0.05) is 13.8 Å². The zero-order valence-electron chi connectivity index (χ0n) is 13.3. The molecule has 4 atom stereocenters. The molecule has 0 unspecified atom stereocenters. The standard InChI is InChI=1S/C15H25N3O4/c1-8(2)6-11-15(22)18-5-4-10(16-13(20)9(3)19)7-12(18)14(21)17-11/h8-12,19H,4-7H2,1-3H3,(H,16,20)(H,17,21)/t9-,10-,11+,12-/m0/s1. The van der Waals surface area contributed by atoms with Crippen LogP contribution in [0.15, 0.2) is 0 Å². The van der Waals surface area contributed by atoms with Crippen LogP contribution < -0.4 is 10.6 Å². The molecule has 3 N–H and O–H groups in total. The Bertz CT molecular complexity index is 464. The fourth-order valence-electron chi connectivity index (χ4n) is 3.09. The zero-order chi connectivity index (χ0) is 16.4. The summed E-state index contributed by atoms with van der Waals surface area (Å²) < 4.78 is 0. The highest BCUT2D eigenvalue weighted by molar-refractivity contribution is 5.97. The minimum Gasteiger partial charge on any atom is -0.384 e. The van der Waals surface area contributed by atoms with Gasteiger partial charge in [-0.2, -0.15) is 0 Å². The predicted octanol–water partition coefficient (Wildman–Crippen LogP) is -0.612. The van der Waals surface area contributed by atoms with Crippen molar-refractivity contribution < 1.29 is 19.5 Å². The molecule has 22 heavy (non-hydrogen) atoms. The van der Waals surface area contributed by atoms with Crippen molar-refractivity contribution in [3.05, 3.63) is 0 Å². The fraction of sp³-hybridized carbons (Fsp3) is 0.800. The minimum absolute atomic E-state index is 0.0291. The van der Waals surface area contributed by atoms with E-state index in [1.807, 2.05) is 13.8 Å². The van der Waals surface area contributed by atoms with Crippen molar-refractivity contribution in [3.63, 3.8) is 0 Å². The second kappa shape index (κ2) is 6.64. The van der Waals surface area contributed by atoms with Gasteiger partial charge in [-0.3, -0.25) is 14.4 Å². The Labute approximate surface area is 130 Å². The summed E-state index contributed by atoms with van der Waals surface area (Å²) in [5, 5.41) is 14.8. The number of rotatable bonds is 4. The zero-order valence-corrected chi connectivity index (χ0v) is 13.3. The lowest BCUT2D eigenvalue weighted by molar-refractivity contribution is -0.152. The summed E-state index contributed by atoms with van der Waals surface area (Å²) in [5.74, 6) is -0.299. The first kappa shape index (κ1) is 16.7. The second-order valence-corrected chi connectivity index (χ2v) is 6.64. The number of carbonyl (C=O) groups excluding carboxylic acids is 3. The number of carbonyl (C=O) groups is 3. The molecule has 0 aromatic carbocycles. The molecule has 2 fully saturated rings. The van der Waals surface area contributed by atoms with E-state index in [1.54, 1.807) is 4.90 Å². The molecule has 2 aliphatic rings. The molecule has 3 amide bonds. The first-order valence-corrected chi connectivity index (χ1v) is 7.89. The number of nitrogens with one attached hydrogen (secondary N) is 2. The Morgan fingerprint density at radius 3 is 2.68 bits per heavy atom. The van der Waals surface area contributed by atoms with E-state index in [1.165, 1.54) is 6.92 Å². The minimum atomic E-state index is -1.07. The van der Waals surface area contributed by atoms with Gasteiger partial charge in [-0.15, -0.1) is 0 Å². The Morgan fingerprint density at radius 2 is 2.09 bits per heavy atom. The third-order valence-electron chi connectivity index (χ3n) is 4.24. The number of piperazine rings is 1. The van der Waals surface area contributed by atoms with Gasteiger partial charge >= 0.3 is 0 Å². The number of aliphatic hydroxyl groups excluding tert-OH is 1. The van der Waals surface area contributed by atoms with E-state index in [2.05, 4.69) is 10.6 Å². The predicted molar refractivity (Wildman–Crippen MR) is 79.7 cm³/mol. The Morgan fingerprint density at radius 1 is 1.41 bits per heavy atom. The lowest BCUT2D eigenvalue weighted by atomic mass is 9.91. The molecular weight excluding hydrogens is 286 g/mol. The summed E-state index contributed by atoms with van der Waals surface area (Å²) in [6, 6.07) is -1.15. The van der Waals surface area contributed by atoms with Crippen molar-refractivity contribution in [3.8, 4) is 0 Å². The monoisotopic (exact) mass is 311 g/mol. The van der Waals surface area contributed by atoms with E-state index >= 15 is 0 Å². The molecule has 124 valence electrons. The first-order chi connectivity index (χ1) is 10.3. The molecule has 2 aliphatic heterocycles. The van der Waals surface area contributed by atoms with Gasteiger partial charge in [0.25, 0.3) is 0 Å². The van der Waals surface area contributed by atoms with Crippen LogP contribution >= 0.6 is 0 Å². The number of piperidine rings is 1. The van der Waals surface area contributed by atoms with Gasteiger partial charge in [0.1, 0.15) is 18.2 Å². The average molecular weight is 311 g/mol.